The molecule has 170 valence electrons. The number of amides is 2. The number of para-hydroxylation sites is 2. The summed E-state index contributed by atoms with van der Waals surface area (Å²) in [6.07, 6.45) is 3.21. The Labute approximate surface area is 190 Å². The highest BCUT2D eigenvalue weighted by atomic mass is 16.2. The Kier molecular flexibility index (Phi) is 7.62. The summed E-state index contributed by atoms with van der Waals surface area (Å²) in [5.41, 5.74) is 2.29. The summed E-state index contributed by atoms with van der Waals surface area (Å²) < 4.78 is 1.95. The fourth-order valence-corrected chi connectivity index (χ4v) is 3.82. The first-order chi connectivity index (χ1) is 15.3. The van der Waals surface area contributed by atoms with Crippen molar-refractivity contribution in [2.75, 3.05) is 20.1 Å². The van der Waals surface area contributed by atoms with Crippen molar-refractivity contribution in [1.82, 2.24) is 24.3 Å². The summed E-state index contributed by atoms with van der Waals surface area (Å²) in [7, 11) is 1.75. The van der Waals surface area contributed by atoms with Gasteiger partial charge in [0.05, 0.1) is 17.6 Å². The van der Waals surface area contributed by atoms with Gasteiger partial charge in [0.15, 0.2) is 0 Å². The van der Waals surface area contributed by atoms with Crippen molar-refractivity contribution < 1.29 is 9.59 Å². The molecule has 2 heterocycles. The molecule has 1 aromatic carbocycles. The molecule has 0 aliphatic carbocycles. The molecule has 0 fully saturated rings. The maximum atomic E-state index is 13.3. The van der Waals surface area contributed by atoms with Crippen molar-refractivity contribution in [3.63, 3.8) is 0 Å². The first-order valence-corrected chi connectivity index (χ1v) is 11.1. The molecule has 3 aromatic rings. The van der Waals surface area contributed by atoms with Crippen LogP contribution in [0.1, 0.15) is 43.9 Å². The average molecular weight is 436 g/mol. The van der Waals surface area contributed by atoms with Gasteiger partial charge in [0, 0.05) is 38.1 Å². The molecule has 0 unspecified atom stereocenters. The first kappa shape index (κ1) is 23.4. The lowest BCUT2D eigenvalue weighted by atomic mass is 10.1. The van der Waals surface area contributed by atoms with Crippen LogP contribution in [0, 0.1) is 11.8 Å². The zero-order chi connectivity index (χ0) is 23.3. The highest BCUT2D eigenvalue weighted by molar-refractivity contribution is 5.93. The van der Waals surface area contributed by atoms with E-state index in [1.807, 2.05) is 33.7 Å². The average Bonchev–Trinajstić information content (AvgIpc) is 3.09. The number of rotatable bonds is 9. The van der Waals surface area contributed by atoms with Gasteiger partial charge in [-0.15, -0.1) is 0 Å². The molecule has 0 spiro atoms. The van der Waals surface area contributed by atoms with Crippen molar-refractivity contribution in [2.24, 2.45) is 11.8 Å². The molecule has 0 saturated carbocycles. The van der Waals surface area contributed by atoms with Gasteiger partial charge in [-0.1, -0.05) is 39.8 Å². The van der Waals surface area contributed by atoms with Crippen LogP contribution in [-0.2, 0) is 17.9 Å². The van der Waals surface area contributed by atoms with Crippen molar-refractivity contribution in [3.8, 4) is 0 Å². The zero-order valence-corrected chi connectivity index (χ0v) is 19.7. The van der Waals surface area contributed by atoms with Gasteiger partial charge in [0.2, 0.25) is 5.91 Å². The number of pyridine rings is 1. The molecule has 0 N–H and O–H groups in total. The molecular formula is C25H33N5O2. The quantitative estimate of drug-likeness (QED) is 0.512. The fourth-order valence-electron chi connectivity index (χ4n) is 3.82. The zero-order valence-electron chi connectivity index (χ0n) is 19.7. The van der Waals surface area contributed by atoms with E-state index in [0.717, 1.165) is 24.1 Å². The molecular weight excluding hydrogens is 402 g/mol. The lowest BCUT2D eigenvalue weighted by molar-refractivity contribution is -0.132. The minimum atomic E-state index is -0.112. The number of aromatic nitrogens is 3. The summed E-state index contributed by atoms with van der Waals surface area (Å²) in [6, 6.07) is 11.2. The van der Waals surface area contributed by atoms with Crippen LogP contribution in [0.3, 0.4) is 0 Å². The highest BCUT2D eigenvalue weighted by Crippen LogP contribution is 2.19. The molecule has 0 aliphatic rings. The topological polar surface area (TPSA) is 71.3 Å². The normalized spacial score (nSPS) is 11.3. The van der Waals surface area contributed by atoms with E-state index >= 15 is 0 Å². The Balaban J connectivity index is 1.88. The molecule has 0 aliphatic heterocycles. The van der Waals surface area contributed by atoms with Gasteiger partial charge in [-0.2, -0.15) is 0 Å². The van der Waals surface area contributed by atoms with Crippen LogP contribution in [-0.4, -0.2) is 56.3 Å². The Morgan fingerprint density at radius 2 is 1.59 bits per heavy atom. The minimum absolute atomic E-state index is 0.0694. The van der Waals surface area contributed by atoms with Crippen LogP contribution < -0.4 is 0 Å². The third-order valence-corrected chi connectivity index (χ3v) is 5.20. The van der Waals surface area contributed by atoms with E-state index in [-0.39, 0.29) is 18.4 Å². The number of hydrogen-bond acceptors (Lipinski definition) is 4. The summed E-state index contributed by atoms with van der Waals surface area (Å²) in [5, 5.41) is 0. The van der Waals surface area contributed by atoms with Crippen molar-refractivity contribution in [2.45, 2.75) is 40.8 Å². The molecule has 0 saturated heterocycles. The summed E-state index contributed by atoms with van der Waals surface area (Å²) in [5.74, 6) is 1.43. The number of imidazole rings is 1. The molecule has 3 rings (SSSR count). The van der Waals surface area contributed by atoms with E-state index in [2.05, 4.69) is 32.7 Å². The largest absolute Gasteiger partial charge is 0.341 e. The molecule has 0 atom stereocenters. The minimum Gasteiger partial charge on any atom is -0.341 e. The van der Waals surface area contributed by atoms with Crippen LogP contribution in [0.25, 0.3) is 11.0 Å². The van der Waals surface area contributed by atoms with Gasteiger partial charge >= 0.3 is 0 Å². The second kappa shape index (κ2) is 10.4. The molecule has 32 heavy (non-hydrogen) atoms. The maximum Gasteiger partial charge on any atom is 0.254 e. The molecule has 7 nitrogen and oxygen atoms in total. The van der Waals surface area contributed by atoms with Gasteiger partial charge < -0.3 is 14.4 Å². The summed E-state index contributed by atoms with van der Waals surface area (Å²) in [4.78, 5) is 38.4. The number of hydrogen-bond donors (Lipinski definition) is 0. The lowest BCUT2D eigenvalue weighted by Crippen LogP contribution is -2.39. The van der Waals surface area contributed by atoms with Crippen LogP contribution in [0.4, 0.5) is 0 Å². The molecule has 7 heteroatoms. The van der Waals surface area contributed by atoms with Crippen LogP contribution in [0.2, 0.25) is 0 Å². The van der Waals surface area contributed by atoms with Gasteiger partial charge in [-0.3, -0.25) is 14.6 Å². The van der Waals surface area contributed by atoms with Gasteiger partial charge in [0.25, 0.3) is 5.91 Å². The van der Waals surface area contributed by atoms with E-state index in [1.165, 1.54) is 0 Å². The predicted octanol–water partition coefficient (Wildman–Crippen LogP) is 3.84. The summed E-state index contributed by atoms with van der Waals surface area (Å²) in [6.45, 7) is 10.4. The van der Waals surface area contributed by atoms with Crippen LogP contribution in [0.15, 0.2) is 48.8 Å². The molecule has 0 radical (unpaired) electrons. The monoisotopic (exact) mass is 435 g/mol. The second-order valence-corrected chi connectivity index (χ2v) is 9.09. The van der Waals surface area contributed by atoms with E-state index < -0.39 is 0 Å². The van der Waals surface area contributed by atoms with Crippen LogP contribution >= 0.6 is 0 Å². The van der Waals surface area contributed by atoms with E-state index in [9.17, 15) is 9.59 Å². The number of carbonyl (C=O) groups is 2. The Morgan fingerprint density at radius 3 is 2.22 bits per heavy atom. The standard InChI is InChI=1S/C25H33N5O2/c1-18(2)14-29(15-19(3)4)24(31)17-30-22-9-7-6-8-21(22)27-23(30)16-28(5)25(32)20-10-12-26-13-11-20/h6-13,18-19H,14-17H2,1-5H3. The highest BCUT2D eigenvalue weighted by Gasteiger charge is 2.22. The van der Waals surface area contributed by atoms with E-state index in [1.54, 1.807) is 36.5 Å². The maximum absolute atomic E-state index is 13.3. The second-order valence-electron chi connectivity index (χ2n) is 9.09. The summed E-state index contributed by atoms with van der Waals surface area (Å²) >= 11 is 0. The van der Waals surface area contributed by atoms with Gasteiger partial charge in [0.1, 0.15) is 12.4 Å². The van der Waals surface area contributed by atoms with E-state index in [4.69, 9.17) is 4.98 Å². The molecule has 2 aromatic heterocycles. The number of carbonyl (C=O) groups excluding carboxylic acids is 2. The van der Waals surface area contributed by atoms with E-state index in [0.29, 0.717) is 29.8 Å². The number of fused-ring (bicyclic) bond motifs is 1. The van der Waals surface area contributed by atoms with Crippen molar-refractivity contribution >= 4 is 22.8 Å². The third kappa shape index (κ3) is 5.72. The molecule has 2 amide bonds. The first-order valence-electron chi connectivity index (χ1n) is 11.1. The molecule has 0 bridgehead atoms. The number of benzene rings is 1. The Morgan fingerprint density at radius 1 is 0.969 bits per heavy atom. The van der Waals surface area contributed by atoms with Gasteiger partial charge in [-0.25, -0.2) is 4.98 Å². The Bertz CT molecular complexity index is 1050. The lowest BCUT2D eigenvalue weighted by Gasteiger charge is -2.27. The van der Waals surface area contributed by atoms with Crippen molar-refractivity contribution in [3.05, 3.63) is 60.2 Å². The van der Waals surface area contributed by atoms with Gasteiger partial charge in [-0.05, 0) is 36.1 Å². The third-order valence-electron chi connectivity index (χ3n) is 5.20. The SMILES string of the molecule is CC(C)CN(CC(C)C)C(=O)Cn1c(CN(C)C(=O)c2ccncc2)nc2ccccc21. The number of nitrogens with zero attached hydrogens (tertiary/aromatic N) is 5. The van der Waals surface area contributed by atoms with Crippen LogP contribution in [0.5, 0.6) is 0 Å². The fraction of sp³-hybridized carbons (Fsp3) is 0.440. The van der Waals surface area contributed by atoms with Crippen molar-refractivity contribution in [1.29, 1.82) is 0 Å². The predicted molar refractivity (Wildman–Crippen MR) is 126 cm³/mol. The smallest absolute Gasteiger partial charge is 0.254 e. The Hall–Kier alpha value is -3.22.